The third-order valence-corrected chi connectivity index (χ3v) is 3.25. The van der Waals surface area contributed by atoms with Gasteiger partial charge in [0.25, 0.3) is 0 Å². The maximum atomic E-state index is 5.80. The molecule has 1 unspecified atom stereocenters. The standard InChI is InChI=1S/C14H18BrN3O/c1-11(16)10-14-17-6-7-18(14)8-9-19-13-4-2-12(15)3-5-13/h2-7,11H,8-10,16H2,1H3. The van der Waals surface area contributed by atoms with Crippen LogP contribution in [0, 0.1) is 0 Å². The first-order chi connectivity index (χ1) is 9.15. The van der Waals surface area contributed by atoms with Crippen molar-refractivity contribution in [3.8, 4) is 5.75 Å². The molecule has 0 saturated heterocycles. The van der Waals surface area contributed by atoms with Crippen molar-refractivity contribution in [2.75, 3.05) is 6.61 Å². The summed E-state index contributed by atoms with van der Waals surface area (Å²) in [7, 11) is 0. The van der Waals surface area contributed by atoms with Crippen molar-refractivity contribution in [3.63, 3.8) is 0 Å². The number of imidazole rings is 1. The minimum absolute atomic E-state index is 0.119. The zero-order valence-corrected chi connectivity index (χ0v) is 12.5. The minimum atomic E-state index is 0.119. The molecule has 5 heteroatoms. The Kier molecular flexibility index (Phi) is 4.99. The van der Waals surface area contributed by atoms with E-state index in [4.69, 9.17) is 10.5 Å². The first-order valence-electron chi connectivity index (χ1n) is 6.29. The fourth-order valence-corrected chi connectivity index (χ4v) is 2.08. The van der Waals surface area contributed by atoms with Gasteiger partial charge in [0.15, 0.2) is 0 Å². The van der Waals surface area contributed by atoms with Crippen LogP contribution in [0.25, 0.3) is 0 Å². The van der Waals surface area contributed by atoms with Crippen LogP contribution in [0.4, 0.5) is 0 Å². The largest absolute Gasteiger partial charge is 0.492 e. The van der Waals surface area contributed by atoms with E-state index in [0.717, 1.165) is 29.0 Å². The highest BCUT2D eigenvalue weighted by Crippen LogP contribution is 2.16. The van der Waals surface area contributed by atoms with Crippen LogP contribution in [-0.4, -0.2) is 22.2 Å². The van der Waals surface area contributed by atoms with Crippen LogP contribution in [0.3, 0.4) is 0 Å². The van der Waals surface area contributed by atoms with Gasteiger partial charge in [-0.2, -0.15) is 0 Å². The van der Waals surface area contributed by atoms with E-state index in [1.54, 1.807) is 6.20 Å². The van der Waals surface area contributed by atoms with Gasteiger partial charge in [-0.05, 0) is 31.2 Å². The number of aromatic nitrogens is 2. The van der Waals surface area contributed by atoms with Crippen molar-refractivity contribution in [2.45, 2.75) is 25.9 Å². The number of hydrogen-bond acceptors (Lipinski definition) is 3. The van der Waals surface area contributed by atoms with E-state index in [2.05, 4.69) is 25.5 Å². The SMILES string of the molecule is CC(N)Cc1nccn1CCOc1ccc(Br)cc1. The molecule has 0 aliphatic heterocycles. The van der Waals surface area contributed by atoms with Crippen LogP contribution in [0.2, 0.25) is 0 Å². The van der Waals surface area contributed by atoms with Crippen LogP contribution in [0.5, 0.6) is 5.75 Å². The van der Waals surface area contributed by atoms with Gasteiger partial charge in [0.2, 0.25) is 0 Å². The third-order valence-electron chi connectivity index (χ3n) is 2.72. The lowest BCUT2D eigenvalue weighted by Crippen LogP contribution is -2.21. The average Bonchev–Trinajstić information content (AvgIpc) is 2.78. The van der Waals surface area contributed by atoms with E-state index >= 15 is 0 Å². The van der Waals surface area contributed by atoms with E-state index in [9.17, 15) is 0 Å². The molecular formula is C14H18BrN3O. The van der Waals surface area contributed by atoms with Gasteiger partial charge in [0.05, 0.1) is 6.54 Å². The summed E-state index contributed by atoms with van der Waals surface area (Å²) in [5.41, 5.74) is 5.80. The fraction of sp³-hybridized carbons (Fsp3) is 0.357. The topological polar surface area (TPSA) is 53.1 Å². The highest BCUT2D eigenvalue weighted by molar-refractivity contribution is 9.10. The zero-order chi connectivity index (χ0) is 13.7. The summed E-state index contributed by atoms with van der Waals surface area (Å²) in [6.07, 6.45) is 4.55. The number of hydrogen-bond donors (Lipinski definition) is 1. The smallest absolute Gasteiger partial charge is 0.119 e. The second kappa shape index (κ2) is 6.73. The monoisotopic (exact) mass is 323 g/mol. The Balaban J connectivity index is 1.85. The van der Waals surface area contributed by atoms with E-state index in [1.807, 2.05) is 37.4 Å². The lowest BCUT2D eigenvalue weighted by atomic mass is 10.2. The van der Waals surface area contributed by atoms with Gasteiger partial charge in [0, 0.05) is 29.3 Å². The number of nitrogens with two attached hydrogens (primary N) is 1. The number of benzene rings is 1. The van der Waals surface area contributed by atoms with Crippen molar-refractivity contribution >= 4 is 15.9 Å². The Hall–Kier alpha value is -1.33. The molecule has 0 aliphatic rings. The molecule has 1 aromatic heterocycles. The van der Waals surface area contributed by atoms with Gasteiger partial charge in [-0.15, -0.1) is 0 Å². The van der Waals surface area contributed by atoms with Crippen LogP contribution in [0.15, 0.2) is 41.1 Å². The van der Waals surface area contributed by atoms with E-state index in [1.165, 1.54) is 0 Å². The normalized spacial score (nSPS) is 12.4. The van der Waals surface area contributed by atoms with Gasteiger partial charge in [-0.25, -0.2) is 4.98 Å². The third kappa shape index (κ3) is 4.36. The highest BCUT2D eigenvalue weighted by atomic mass is 79.9. The summed E-state index contributed by atoms with van der Waals surface area (Å²) < 4.78 is 8.83. The molecule has 2 rings (SSSR count). The summed E-state index contributed by atoms with van der Waals surface area (Å²) >= 11 is 3.40. The molecule has 0 fully saturated rings. The van der Waals surface area contributed by atoms with Gasteiger partial charge >= 0.3 is 0 Å². The summed E-state index contributed by atoms with van der Waals surface area (Å²) in [4.78, 5) is 4.31. The predicted molar refractivity (Wildman–Crippen MR) is 79.2 cm³/mol. The fourth-order valence-electron chi connectivity index (χ4n) is 1.81. The number of halogens is 1. The Bertz CT molecular complexity index is 508. The average molecular weight is 324 g/mol. The lowest BCUT2D eigenvalue weighted by Gasteiger charge is -2.11. The van der Waals surface area contributed by atoms with Crippen LogP contribution in [-0.2, 0) is 13.0 Å². The molecule has 1 atom stereocenters. The number of ether oxygens (including phenoxy) is 1. The molecule has 1 aromatic carbocycles. The molecule has 0 spiro atoms. The number of rotatable bonds is 6. The Morgan fingerprint density at radius 3 is 2.79 bits per heavy atom. The molecule has 0 amide bonds. The van der Waals surface area contributed by atoms with Crippen molar-refractivity contribution in [1.82, 2.24) is 9.55 Å². The minimum Gasteiger partial charge on any atom is -0.492 e. The van der Waals surface area contributed by atoms with Crippen molar-refractivity contribution in [1.29, 1.82) is 0 Å². The summed E-state index contributed by atoms with van der Waals surface area (Å²) in [5.74, 6) is 1.88. The van der Waals surface area contributed by atoms with Gasteiger partial charge < -0.3 is 15.0 Å². The van der Waals surface area contributed by atoms with Crippen molar-refractivity contribution < 1.29 is 4.74 Å². The van der Waals surface area contributed by atoms with Crippen LogP contribution in [0.1, 0.15) is 12.7 Å². The molecule has 2 aromatic rings. The Labute approximate surface area is 121 Å². The van der Waals surface area contributed by atoms with Gasteiger partial charge in [0.1, 0.15) is 18.2 Å². The summed E-state index contributed by atoms with van der Waals surface area (Å²) in [6.45, 7) is 3.37. The lowest BCUT2D eigenvalue weighted by molar-refractivity contribution is 0.296. The molecule has 0 aliphatic carbocycles. The van der Waals surface area contributed by atoms with E-state index in [-0.39, 0.29) is 6.04 Å². The molecule has 0 saturated carbocycles. The maximum Gasteiger partial charge on any atom is 0.119 e. The molecule has 4 nitrogen and oxygen atoms in total. The first-order valence-corrected chi connectivity index (χ1v) is 7.08. The Morgan fingerprint density at radius 1 is 1.37 bits per heavy atom. The molecule has 2 N–H and O–H groups in total. The number of nitrogens with zero attached hydrogens (tertiary/aromatic N) is 2. The van der Waals surface area contributed by atoms with Crippen molar-refractivity contribution in [3.05, 3.63) is 47.0 Å². The zero-order valence-electron chi connectivity index (χ0n) is 10.9. The Morgan fingerprint density at radius 2 is 2.11 bits per heavy atom. The first kappa shape index (κ1) is 14.1. The summed E-state index contributed by atoms with van der Waals surface area (Å²) in [5, 5.41) is 0. The van der Waals surface area contributed by atoms with E-state index < -0.39 is 0 Å². The molecule has 0 bridgehead atoms. The van der Waals surface area contributed by atoms with Crippen LogP contribution >= 0.6 is 15.9 Å². The van der Waals surface area contributed by atoms with Crippen molar-refractivity contribution in [2.24, 2.45) is 5.73 Å². The summed E-state index contributed by atoms with van der Waals surface area (Å²) in [6, 6.07) is 7.94. The maximum absolute atomic E-state index is 5.80. The van der Waals surface area contributed by atoms with Gasteiger partial charge in [-0.3, -0.25) is 0 Å². The second-order valence-electron chi connectivity index (χ2n) is 4.52. The molecule has 102 valence electrons. The highest BCUT2D eigenvalue weighted by Gasteiger charge is 2.05. The molecular weight excluding hydrogens is 306 g/mol. The van der Waals surface area contributed by atoms with Crippen LogP contribution < -0.4 is 10.5 Å². The quantitative estimate of drug-likeness (QED) is 0.889. The molecule has 0 radical (unpaired) electrons. The molecule has 1 heterocycles. The predicted octanol–water partition coefficient (Wildman–Crippen LogP) is 2.61. The van der Waals surface area contributed by atoms with Gasteiger partial charge in [-0.1, -0.05) is 15.9 Å². The van der Waals surface area contributed by atoms with E-state index in [0.29, 0.717) is 6.61 Å². The second-order valence-corrected chi connectivity index (χ2v) is 5.44. The molecule has 19 heavy (non-hydrogen) atoms.